The van der Waals surface area contributed by atoms with Gasteiger partial charge in [0.2, 0.25) is 0 Å². The van der Waals surface area contributed by atoms with Gasteiger partial charge in [-0.25, -0.2) is 0 Å². The molecule has 6 heteroatoms. The summed E-state index contributed by atoms with van der Waals surface area (Å²) in [5.74, 6) is -0.0625. The van der Waals surface area contributed by atoms with Gasteiger partial charge in [0.05, 0.1) is 11.3 Å². The van der Waals surface area contributed by atoms with Gasteiger partial charge in [0, 0.05) is 64.8 Å². The van der Waals surface area contributed by atoms with E-state index in [1.165, 1.54) is 63.6 Å². The van der Waals surface area contributed by atoms with Crippen molar-refractivity contribution < 1.29 is 34.4 Å². The first-order valence-electron chi connectivity index (χ1n) is 15.2. The van der Waals surface area contributed by atoms with E-state index in [4.69, 9.17) is 14.5 Å². The molecule has 0 aliphatic carbocycles. The van der Waals surface area contributed by atoms with Crippen molar-refractivity contribution in [3.8, 4) is 22.4 Å². The van der Waals surface area contributed by atoms with Crippen molar-refractivity contribution in [2.24, 2.45) is 0 Å². The Morgan fingerprint density at radius 2 is 1.57 bits per heavy atom. The molecule has 0 aliphatic heterocycles. The van der Waals surface area contributed by atoms with Crippen LogP contribution in [0, 0.1) is 13.0 Å². The van der Waals surface area contributed by atoms with Crippen LogP contribution in [0.4, 0.5) is 0 Å². The van der Waals surface area contributed by atoms with Crippen LogP contribution in [0.3, 0.4) is 0 Å². The fraction of sp³-hybridized carbons (Fsp3) is 0.0732. The number of aromatic nitrogens is 2. The number of carbonyl (C=O) groups is 1. The SMILES string of the molecule is CC(=O)/C=C(/C)O.Cc1ccc(-c2[c-]cc3c(c2)c2c4c(cc5c6ccccc6n3c52)oc2ccc(-c3ccccc3)cc24)nc1.[Ir]. The zero-order valence-corrected chi connectivity index (χ0v) is 28.4. The number of ketones is 1. The first-order chi connectivity index (χ1) is 22.4. The maximum absolute atomic E-state index is 10.0. The minimum Gasteiger partial charge on any atom is -0.512 e. The van der Waals surface area contributed by atoms with Crippen LogP contribution < -0.4 is 0 Å². The van der Waals surface area contributed by atoms with Crippen molar-refractivity contribution in [1.29, 1.82) is 0 Å². The van der Waals surface area contributed by atoms with E-state index in [-0.39, 0.29) is 31.6 Å². The average molecular weight is 790 g/mol. The molecule has 9 rings (SSSR count). The van der Waals surface area contributed by atoms with E-state index in [9.17, 15) is 4.79 Å². The molecule has 0 atom stereocenters. The number of furan rings is 1. The number of nitrogens with zero attached hydrogens (tertiary/aromatic N) is 2. The summed E-state index contributed by atoms with van der Waals surface area (Å²) < 4.78 is 8.95. The standard InChI is InChI=1S/C36H21N2O.C5H8O2.Ir/c1-21-11-14-29(37-20-21)24-12-15-31-27(18-24)35-34-28-17-23(22-7-3-2-4-8-22)13-16-32(28)39-33(34)19-26-25-9-5-6-10-30(25)38(31)36(26)35;1-4(6)3-5(2)7;/h2-11,13-20H,1H3;3,6H,1-2H3;/q-1;;/b;4-3-;. The number of hydrogen-bond donors (Lipinski definition) is 1. The molecule has 0 saturated carbocycles. The van der Waals surface area contributed by atoms with Gasteiger partial charge in [0.1, 0.15) is 11.2 Å². The summed E-state index contributed by atoms with van der Waals surface area (Å²) in [4.78, 5) is 14.7. The number of pyridine rings is 1. The van der Waals surface area contributed by atoms with E-state index in [1.807, 2.05) is 6.20 Å². The second kappa shape index (κ2) is 11.8. The van der Waals surface area contributed by atoms with Crippen molar-refractivity contribution in [3.05, 3.63) is 133 Å². The Labute approximate surface area is 284 Å². The zero-order chi connectivity index (χ0) is 31.5. The predicted molar refractivity (Wildman–Crippen MR) is 188 cm³/mol. The zero-order valence-electron chi connectivity index (χ0n) is 26.0. The summed E-state index contributed by atoms with van der Waals surface area (Å²) in [6.45, 7) is 4.91. The Bertz CT molecular complexity index is 2630. The van der Waals surface area contributed by atoms with Crippen molar-refractivity contribution in [2.45, 2.75) is 20.8 Å². The number of rotatable bonds is 3. The Morgan fingerprint density at radius 3 is 2.30 bits per heavy atom. The molecule has 0 spiro atoms. The summed E-state index contributed by atoms with van der Waals surface area (Å²) in [6.07, 6.45) is 3.08. The van der Waals surface area contributed by atoms with Crippen LogP contribution in [0.5, 0.6) is 0 Å². The molecule has 0 amide bonds. The number of carbonyl (C=O) groups excluding carboxylic acids is 1. The number of hydrogen-bond acceptors (Lipinski definition) is 4. The fourth-order valence-electron chi connectivity index (χ4n) is 6.64. The summed E-state index contributed by atoms with van der Waals surface area (Å²) in [6, 6.07) is 40.0. The number of allylic oxidation sites excluding steroid dienone is 2. The maximum atomic E-state index is 10.0. The Kier molecular flexibility index (Phi) is 7.63. The second-order valence-electron chi connectivity index (χ2n) is 11.8. The smallest absolute Gasteiger partial charge is 0.155 e. The molecule has 5 aromatic carbocycles. The number of fused-ring (bicyclic) bond motifs is 10. The van der Waals surface area contributed by atoms with Gasteiger partial charge in [-0.2, -0.15) is 0 Å². The molecule has 1 radical (unpaired) electrons. The molecule has 0 saturated heterocycles. The largest absolute Gasteiger partial charge is 0.512 e. The van der Waals surface area contributed by atoms with Crippen LogP contribution in [0.1, 0.15) is 19.4 Å². The van der Waals surface area contributed by atoms with Crippen LogP contribution in [-0.2, 0) is 24.9 Å². The number of benzene rings is 5. The quantitative estimate of drug-likeness (QED) is 0.110. The molecule has 0 unspecified atom stereocenters. The predicted octanol–water partition coefficient (Wildman–Crippen LogP) is 10.6. The van der Waals surface area contributed by atoms with Gasteiger partial charge in [-0.3, -0.25) is 4.79 Å². The molecule has 0 fully saturated rings. The minimum absolute atomic E-state index is 0. The fourth-order valence-corrected chi connectivity index (χ4v) is 6.64. The molecule has 4 aromatic heterocycles. The molecule has 1 N–H and O–H groups in total. The van der Waals surface area contributed by atoms with E-state index >= 15 is 0 Å². The van der Waals surface area contributed by atoms with Gasteiger partial charge in [0.15, 0.2) is 5.78 Å². The molecule has 231 valence electrons. The third-order valence-electron chi connectivity index (χ3n) is 8.54. The van der Waals surface area contributed by atoms with Crippen molar-refractivity contribution in [1.82, 2.24) is 9.38 Å². The average Bonchev–Trinajstić information content (AvgIpc) is 3.70. The van der Waals surface area contributed by atoms with Crippen molar-refractivity contribution >= 4 is 65.8 Å². The molecular formula is C41H29IrN2O3-. The Balaban J connectivity index is 0.000000399. The Hall–Kier alpha value is -5.29. The van der Waals surface area contributed by atoms with Gasteiger partial charge < -0.3 is 18.9 Å². The topological polar surface area (TPSA) is 67.7 Å². The number of aryl methyl sites for hydroxylation is 1. The summed E-state index contributed by atoms with van der Waals surface area (Å²) in [7, 11) is 0. The van der Waals surface area contributed by atoms with E-state index in [2.05, 4.69) is 121 Å². The molecule has 5 nitrogen and oxygen atoms in total. The third-order valence-corrected chi connectivity index (χ3v) is 8.54. The first-order valence-corrected chi connectivity index (χ1v) is 15.2. The van der Waals surface area contributed by atoms with Crippen LogP contribution >= 0.6 is 0 Å². The van der Waals surface area contributed by atoms with Gasteiger partial charge in [-0.1, -0.05) is 72.1 Å². The maximum Gasteiger partial charge on any atom is 0.155 e. The monoisotopic (exact) mass is 790 g/mol. The molecule has 9 aromatic rings. The van der Waals surface area contributed by atoms with Gasteiger partial charge in [-0.05, 0) is 72.9 Å². The molecule has 0 aliphatic rings. The Morgan fingerprint density at radius 1 is 0.787 bits per heavy atom. The molecule has 47 heavy (non-hydrogen) atoms. The van der Waals surface area contributed by atoms with Crippen LogP contribution in [0.15, 0.2) is 126 Å². The van der Waals surface area contributed by atoms with Gasteiger partial charge >= 0.3 is 0 Å². The third kappa shape index (κ3) is 5.07. The summed E-state index contributed by atoms with van der Waals surface area (Å²) in [5, 5.41) is 15.5. The normalized spacial score (nSPS) is 11.9. The molecular weight excluding hydrogens is 761 g/mol. The first kappa shape index (κ1) is 30.4. The second-order valence-corrected chi connectivity index (χ2v) is 11.8. The minimum atomic E-state index is -0.125. The van der Waals surface area contributed by atoms with Crippen LogP contribution in [-0.4, -0.2) is 20.3 Å². The van der Waals surface area contributed by atoms with E-state index in [1.54, 1.807) is 0 Å². The number of aliphatic hydroxyl groups excluding tert-OH is 1. The summed E-state index contributed by atoms with van der Waals surface area (Å²) in [5.41, 5.74) is 10.8. The molecule has 0 bridgehead atoms. The van der Waals surface area contributed by atoms with Crippen molar-refractivity contribution in [3.63, 3.8) is 0 Å². The number of para-hydroxylation sites is 1. The van der Waals surface area contributed by atoms with E-state index < -0.39 is 0 Å². The van der Waals surface area contributed by atoms with Crippen molar-refractivity contribution in [2.75, 3.05) is 0 Å². The van der Waals surface area contributed by atoms with E-state index in [0.717, 1.165) is 44.3 Å². The summed E-state index contributed by atoms with van der Waals surface area (Å²) >= 11 is 0. The molecule has 4 heterocycles. The number of aliphatic hydroxyl groups is 1. The van der Waals surface area contributed by atoms with Crippen LogP contribution in [0.25, 0.3) is 82.4 Å². The van der Waals surface area contributed by atoms with Gasteiger partial charge in [-0.15, -0.1) is 23.8 Å². The van der Waals surface area contributed by atoms with Crippen LogP contribution in [0.2, 0.25) is 0 Å². The van der Waals surface area contributed by atoms with E-state index in [0.29, 0.717) is 0 Å². The van der Waals surface area contributed by atoms with Gasteiger partial charge in [0.25, 0.3) is 0 Å².